The number of aromatic nitrogens is 3. The van der Waals surface area contributed by atoms with Crippen LogP contribution in [0.15, 0.2) is 18.6 Å². The number of ketones is 1. The summed E-state index contributed by atoms with van der Waals surface area (Å²) in [6.45, 7) is 1.32. The van der Waals surface area contributed by atoms with Gasteiger partial charge in [0.15, 0.2) is 16.8 Å². The van der Waals surface area contributed by atoms with Crippen molar-refractivity contribution >= 4 is 17.4 Å². The van der Waals surface area contributed by atoms with Crippen LogP contribution in [0.3, 0.4) is 0 Å². The molecule has 0 fully saturated rings. The quantitative estimate of drug-likeness (QED) is 0.639. The molecule has 0 aliphatic carbocycles. The van der Waals surface area contributed by atoms with E-state index in [1.807, 2.05) is 0 Å². The smallest absolute Gasteiger partial charge is 0.180 e. The maximum Gasteiger partial charge on any atom is 0.180 e. The highest BCUT2D eigenvalue weighted by molar-refractivity contribution is 6.29. The van der Waals surface area contributed by atoms with Gasteiger partial charge in [0.2, 0.25) is 0 Å². The summed E-state index contributed by atoms with van der Waals surface area (Å²) in [7, 11) is 1.36. The molecule has 0 N–H and O–H groups in total. The molecule has 0 amide bonds. The van der Waals surface area contributed by atoms with E-state index in [1.165, 1.54) is 32.6 Å². The summed E-state index contributed by atoms with van der Waals surface area (Å²) >= 11 is 5.65. The molecular formula is C12H9ClFN3O2. The molecule has 0 bridgehead atoms. The first-order valence-electron chi connectivity index (χ1n) is 5.26. The number of hydrogen-bond donors (Lipinski definition) is 0. The number of carbonyl (C=O) groups excluding carboxylic acids is 1. The van der Waals surface area contributed by atoms with Crippen molar-refractivity contribution in [3.05, 3.63) is 35.3 Å². The Labute approximate surface area is 113 Å². The zero-order valence-corrected chi connectivity index (χ0v) is 10.9. The van der Waals surface area contributed by atoms with E-state index in [4.69, 9.17) is 16.3 Å². The summed E-state index contributed by atoms with van der Waals surface area (Å²) in [6, 6.07) is 0. The van der Waals surface area contributed by atoms with Crippen molar-refractivity contribution in [2.45, 2.75) is 6.92 Å². The van der Waals surface area contributed by atoms with E-state index in [0.29, 0.717) is 0 Å². The predicted molar refractivity (Wildman–Crippen MR) is 66.8 cm³/mol. The number of methoxy groups -OCH3 is 1. The molecule has 0 aromatic carbocycles. The van der Waals surface area contributed by atoms with Crippen molar-refractivity contribution in [2.75, 3.05) is 7.11 Å². The molecule has 98 valence electrons. The zero-order chi connectivity index (χ0) is 14.0. The number of ether oxygens (including phenoxy) is 1. The minimum absolute atomic E-state index is 0.0270. The van der Waals surface area contributed by atoms with Gasteiger partial charge in [0.1, 0.15) is 17.1 Å². The van der Waals surface area contributed by atoms with Crippen molar-refractivity contribution in [1.82, 2.24) is 15.0 Å². The van der Waals surface area contributed by atoms with Crippen LogP contribution in [-0.4, -0.2) is 27.8 Å². The van der Waals surface area contributed by atoms with E-state index < -0.39 is 5.82 Å². The molecule has 0 saturated heterocycles. The highest BCUT2D eigenvalue weighted by Gasteiger charge is 2.22. The number of Topliss-reactive ketones (excluding diaryl/α,β-unsaturated/α-hetero) is 1. The van der Waals surface area contributed by atoms with E-state index in [0.717, 1.165) is 0 Å². The lowest BCUT2D eigenvalue weighted by Crippen LogP contribution is -2.05. The van der Waals surface area contributed by atoms with Crippen LogP contribution in [0, 0.1) is 5.82 Å². The minimum atomic E-state index is -0.802. The zero-order valence-electron chi connectivity index (χ0n) is 10.1. The molecule has 0 spiro atoms. The molecule has 19 heavy (non-hydrogen) atoms. The van der Waals surface area contributed by atoms with Gasteiger partial charge in [-0.1, -0.05) is 11.6 Å². The van der Waals surface area contributed by atoms with Gasteiger partial charge >= 0.3 is 0 Å². The van der Waals surface area contributed by atoms with Gasteiger partial charge in [-0.05, 0) is 0 Å². The lowest BCUT2D eigenvalue weighted by atomic mass is 10.1. The number of nitrogens with zero attached hydrogens (tertiary/aromatic N) is 3. The van der Waals surface area contributed by atoms with Crippen molar-refractivity contribution < 1.29 is 13.9 Å². The van der Waals surface area contributed by atoms with E-state index in [2.05, 4.69) is 15.0 Å². The van der Waals surface area contributed by atoms with E-state index >= 15 is 0 Å². The van der Waals surface area contributed by atoms with Gasteiger partial charge in [-0.2, -0.15) is 0 Å². The maximum absolute atomic E-state index is 14.1. The summed E-state index contributed by atoms with van der Waals surface area (Å²) in [5.74, 6) is -1.01. The Hall–Kier alpha value is -2.08. The van der Waals surface area contributed by atoms with Gasteiger partial charge in [-0.25, -0.2) is 14.4 Å². The van der Waals surface area contributed by atoms with Gasteiger partial charge in [-0.15, -0.1) is 0 Å². The summed E-state index contributed by atoms with van der Waals surface area (Å²) in [5, 5.41) is -0.323. The molecule has 2 rings (SSSR count). The second kappa shape index (κ2) is 5.27. The van der Waals surface area contributed by atoms with E-state index in [-0.39, 0.29) is 33.6 Å². The molecule has 0 atom stereocenters. The highest BCUT2D eigenvalue weighted by Crippen LogP contribution is 2.34. The van der Waals surface area contributed by atoms with Gasteiger partial charge in [0.25, 0.3) is 0 Å². The Bertz CT molecular complexity index is 649. The first-order valence-corrected chi connectivity index (χ1v) is 5.64. The molecule has 0 aliphatic rings. The molecule has 2 aromatic rings. The Morgan fingerprint density at radius 1 is 1.32 bits per heavy atom. The molecule has 0 aliphatic heterocycles. The Morgan fingerprint density at radius 3 is 2.63 bits per heavy atom. The van der Waals surface area contributed by atoms with Gasteiger partial charge < -0.3 is 4.74 Å². The highest BCUT2D eigenvalue weighted by atomic mass is 35.5. The number of rotatable bonds is 3. The third-order valence-corrected chi connectivity index (χ3v) is 2.69. The van der Waals surface area contributed by atoms with Crippen LogP contribution in [0.1, 0.15) is 17.4 Å². The fourth-order valence-electron chi connectivity index (χ4n) is 1.60. The third-order valence-electron chi connectivity index (χ3n) is 2.43. The normalized spacial score (nSPS) is 10.3. The lowest BCUT2D eigenvalue weighted by molar-refractivity contribution is 0.101. The van der Waals surface area contributed by atoms with Crippen LogP contribution in [0.5, 0.6) is 5.75 Å². The Balaban J connectivity index is 2.78. The minimum Gasteiger partial charge on any atom is -0.494 e. The number of carbonyl (C=O) groups is 1. The second-order valence-electron chi connectivity index (χ2n) is 3.62. The molecular weight excluding hydrogens is 273 g/mol. The first kappa shape index (κ1) is 13.4. The Morgan fingerprint density at radius 2 is 2.00 bits per heavy atom. The van der Waals surface area contributed by atoms with Gasteiger partial charge in [-0.3, -0.25) is 9.78 Å². The number of pyridine rings is 1. The number of halogens is 2. The van der Waals surface area contributed by atoms with Crippen LogP contribution in [0.4, 0.5) is 4.39 Å². The molecule has 0 unspecified atom stereocenters. The second-order valence-corrected chi connectivity index (χ2v) is 3.97. The van der Waals surface area contributed by atoms with Crippen LogP contribution in [0.25, 0.3) is 11.3 Å². The monoisotopic (exact) mass is 281 g/mol. The predicted octanol–water partition coefficient (Wildman–Crippen LogP) is 2.54. The van der Waals surface area contributed by atoms with E-state index in [1.54, 1.807) is 0 Å². The molecule has 0 saturated carbocycles. The van der Waals surface area contributed by atoms with Crippen LogP contribution in [-0.2, 0) is 0 Å². The van der Waals surface area contributed by atoms with Crippen LogP contribution >= 0.6 is 11.6 Å². The third kappa shape index (κ3) is 2.39. The van der Waals surface area contributed by atoms with Crippen molar-refractivity contribution in [3.63, 3.8) is 0 Å². The fraction of sp³-hybridized carbons (Fsp3) is 0.167. The van der Waals surface area contributed by atoms with Crippen molar-refractivity contribution in [3.8, 4) is 17.0 Å². The van der Waals surface area contributed by atoms with Crippen molar-refractivity contribution in [1.29, 1.82) is 0 Å². The summed E-state index contributed by atoms with van der Waals surface area (Å²) in [4.78, 5) is 23.1. The Kier molecular flexibility index (Phi) is 3.71. The molecule has 2 heterocycles. The first-order chi connectivity index (χ1) is 9.06. The molecule has 2 aromatic heterocycles. The molecule has 7 heteroatoms. The summed E-state index contributed by atoms with van der Waals surface area (Å²) in [5.41, 5.74) is 0.0939. The lowest BCUT2D eigenvalue weighted by Gasteiger charge is -2.11. The average Bonchev–Trinajstić information content (AvgIpc) is 2.41. The standard InChI is InChI=1S/C12H9ClFN3O2/c1-6(18)10-11(16-4-3-15-10)8-7(19-2)5-17-12(13)9(8)14/h3-5H,1-2H3. The van der Waals surface area contributed by atoms with Crippen LogP contribution in [0.2, 0.25) is 5.15 Å². The van der Waals surface area contributed by atoms with Crippen molar-refractivity contribution in [2.24, 2.45) is 0 Å². The van der Waals surface area contributed by atoms with E-state index in [9.17, 15) is 9.18 Å². The summed E-state index contributed by atoms with van der Waals surface area (Å²) < 4.78 is 19.2. The number of hydrogen-bond acceptors (Lipinski definition) is 5. The average molecular weight is 282 g/mol. The topological polar surface area (TPSA) is 65.0 Å². The largest absolute Gasteiger partial charge is 0.494 e. The van der Waals surface area contributed by atoms with Gasteiger partial charge in [0.05, 0.1) is 18.9 Å². The van der Waals surface area contributed by atoms with Gasteiger partial charge in [0, 0.05) is 19.3 Å². The van der Waals surface area contributed by atoms with Crippen LogP contribution < -0.4 is 4.74 Å². The SMILES string of the molecule is COc1cnc(Cl)c(F)c1-c1nccnc1C(C)=O. The maximum atomic E-state index is 14.1. The molecule has 0 radical (unpaired) electrons. The fourth-order valence-corrected chi connectivity index (χ4v) is 1.75. The molecule has 5 nitrogen and oxygen atoms in total. The summed E-state index contributed by atoms with van der Waals surface area (Å²) in [6.07, 6.45) is 3.97.